The van der Waals surface area contributed by atoms with Crippen LogP contribution in [0, 0.1) is 0 Å². The van der Waals surface area contributed by atoms with Crippen LogP contribution in [0.25, 0.3) is 0 Å². The van der Waals surface area contributed by atoms with Crippen LogP contribution in [0.5, 0.6) is 0 Å². The first-order valence-corrected chi connectivity index (χ1v) is 10.7. The van der Waals surface area contributed by atoms with E-state index in [1.807, 2.05) is 26.1 Å². The van der Waals surface area contributed by atoms with Crippen LogP contribution in [0.4, 0.5) is 0 Å². The molecule has 7 heteroatoms. The molecule has 3 aliphatic heterocycles. The second-order valence-electron chi connectivity index (χ2n) is 9.03. The van der Waals surface area contributed by atoms with Gasteiger partial charge in [-0.25, -0.2) is 9.97 Å². The molecule has 0 saturated carbocycles. The molecule has 0 bridgehead atoms. The highest BCUT2D eigenvalue weighted by molar-refractivity contribution is 6.00. The third kappa shape index (κ3) is 3.15. The van der Waals surface area contributed by atoms with Gasteiger partial charge in [0.1, 0.15) is 5.82 Å². The average molecular weight is 415 g/mol. The van der Waals surface area contributed by atoms with Crippen LogP contribution in [0.1, 0.15) is 50.6 Å². The molecule has 1 amide bonds. The summed E-state index contributed by atoms with van der Waals surface area (Å²) in [6, 6.07) is 10.2. The normalized spacial score (nSPS) is 26.0. The van der Waals surface area contributed by atoms with E-state index in [2.05, 4.69) is 62.0 Å². The van der Waals surface area contributed by atoms with Crippen LogP contribution in [-0.2, 0) is 16.6 Å². The number of carbonyl (C=O) groups is 1. The molecule has 1 aromatic heterocycles. The smallest absolute Gasteiger partial charge is 0.250 e. The van der Waals surface area contributed by atoms with Crippen molar-refractivity contribution in [3.05, 3.63) is 82.7 Å². The van der Waals surface area contributed by atoms with E-state index in [1.165, 1.54) is 0 Å². The molecule has 3 aliphatic rings. The molecule has 0 radical (unpaired) electrons. The monoisotopic (exact) mass is 414 g/mol. The summed E-state index contributed by atoms with van der Waals surface area (Å²) in [7, 11) is 0. The van der Waals surface area contributed by atoms with Crippen molar-refractivity contribution in [3.63, 3.8) is 0 Å². The maximum atomic E-state index is 13.4. The van der Waals surface area contributed by atoms with Gasteiger partial charge in [0, 0.05) is 42.0 Å². The Hall–Kier alpha value is -3.35. The summed E-state index contributed by atoms with van der Waals surface area (Å²) in [5, 5.41) is 15.3. The van der Waals surface area contributed by atoms with Gasteiger partial charge in [-0.1, -0.05) is 31.2 Å². The zero-order valence-corrected chi connectivity index (χ0v) is 18.0. The third-order valence-electron chi connectivity index (χ3n) is 6.44. The van der Waals surface area contributed by atoms with Gasteiger partial charge in [-0.15, -0.1) is 0 Å². The number of nitrogens with zero attached hydrogens (tertiary/aromatic N) is 4. The van der Waals surface area contributed by atoms with Crippen LogP contribution in [-0.4, -0.2) is 27.6 Å². The van der Waals surface area contributed by atoms with Gasteiger partial charge in [-0.2, -0.15) is 10.2 Å². The number of benzene rings is 1. The lowest BCUT2D eigenvalue weighted by atomic mass is 9.62. The van der Waals surface area contributed by atoms with Gasteiger partial charge in [0.05, 0.1) is 17.2 Å². The highest BCUT2D eigenvalue weighted by Gasteiger charge is 2.53. The van der Waals surface area contributed by atoms with E-state index in [9.17, 15) is 4.79 Å². The van der Waals surface area contributed by atoms with Crippen molar-refractivity contribution in [1.82, 2.24) is 20.6 Å². The molecular weight excluding hydrogens is 388 g/mol. The van der Waals surface area contributed by atoms with Gasteiger partial charge < -0.3 is 10.6 Å². The largest absolute Gasteiger partial charge is 0.362 e. The summed E-state index contributed by atoms with van der Waals surface area (Å²) < 4.78 is 0. The highest BCUT2D eigenvalue weighted by atomic mass is 16.2. The number of fused-ring (bicyclic) bond motifs is 1. The fourth-order valence-electron chi connectivity index (χ4n) is 5.16. The molecule has 0 saturated heterocycles. The van der Waals surface area contributed by atoms with Crippen LogP contribution in [0.3, 0.4) is 0 Å². The zero-order chi connectivity index (χ0) is 21.6. The van der Waals surface area contributed by atoms with Crippen molar-refractivity contribution in [2.75, 3.05) is 0 Å². The zero-order valence-electron chi connectivity index (χ0n) is 18.0. The van der Waals surface area contributed by atoms with E-state index in [4.69, 9.17) is 0 Å². The van der Waals surface area contributed by atoms with E-state index < -0.39 is 5.41 Å². The molecule has 158 valence electrons. The minimum Gasteiger partial charge on any atom is -0.362 e. The fraction of sp³-hybridized carbons (Fsp3) is 0.375. The van der Waals surface area contributed by atoms with Crippen LogP contribution >= 0.6 is 0 Å². The quantitative estimate of drug-likeness (QED) is 0.800. The first kappa shape index (κ1) is 19.6. The Morgan fingerprint density at radius 2 is 1.97 bits per heavy atom. The van der Waals surface area contributed by atoms with Gasteiger partial charge in [0.15, 0.2) is 6.17 Å². The number of azo groups is 1. The Labute approximate surface area is 181 Å². The molecule has 7 nitrogen and oxygen atoms in total. The number of aromatic nitrogens is 2. The van der Waals surface area contributed by atoms with E-state index in [-0.39, 0.29) is 17.6 Å². The summed E-state index contributed by atoms with van der Waals surface area (Å²) in [4.78, 5) is 22.2. The van der Waals surface area contributed by atoms with Crippen molar-refractivity contribution in [3.8, 4) is 0 Å². The molecule has 31 heavy (non-hydrogen) atoms. The van der Waals surface area contributed by atoms with Crippen LogP contribution in [0.2, 0.25) is 0 Å². The minimum absolute atomic E-state index is 0.0244. The molecule has 2 unspecified atom stereocenters. The molecule has 0 spiro atoms. The lowest BCUT2D eigenvalue weighted by Gasteiger charge is -2.48. The molecule has 4 heterocycles. The number of amides is 1. The number of nitrogens with one attached hydrogen (secondary N) is 2. The van der Waals surface area contributed by atoms with E-state index in [1.54, 1.807) is 12.4 Å². The van der Waals surface area contributed by atoms with Gasteiger partial charge in [-0.05, 0) is 37.5 Å². The molecule has 2 N–H and O–H groups in total. The van der Waals surface area contributed by atoms with Crippen molar-refractivity contribution in [2.24, 2.45) is 10.2 Å². The summed E-state index contributed by atoms with van der Waals surface area (Å²) in [6.45, 7) is 6.23. The number of hydrogen-bond acceptors (Lipinski definition) is 6. The summed E-state index contributed by atoms with van der Waals surface area (Å²) in [5.74, 6) is 0.749. The molecule has 1 aromatic carbocycles. The summed E-state index contributed by atoms with van der Waals surface area (Å²) >= 11 is 0. The first-order valence-electron chi connectivity index (χ1n) is 10.7. The van der Waals surface area contributed by atoms with Crippen molar-refractivity contribution >= 4 is 5.91 Å². The van der Waals surface area contributed by atoms with Gasteiger partial charge in [-0.3, -0.25) is 4.79 Å². The SMILES string of the molecule is CCC1(c2cccc(Cc3ncccn3)c2)C2=CN=NC2NC2=C1C(=O)NC(C)(C)C2. The average Bonchev–Trinajstić information content (AvgIpc) is 3.21. The summed E-state index contributed by atoms with van der Waals surface area (Å²) in [5.41, 5.74) is 4.08. The molecule has 0 fully saturated rings. The van der Waals surface area contributed by atoms with Crippen molar-refractivity contribution < 1.29 is 4.79 Å². The number of carbonyl (C=O) groups excluding carboxylic acids is 1. The molecule has 2 aromatic rings. The number of rotatable bonds is 4. The predicted octanol–water partition coefficient (Wildman–Crippen LogP) is 3.55. The molecule has 0 aliphatic carbocycles. The maximum absolute atomic E-state index is 13.4. The van der Waals surface area contributed by atoms with E-state index >= 15 is 0 Å². The topological polar surface area (TPSA) is 91.6 Å². The Bertz CT molecular complexity index is 1130. The van der Waals surface area contributed by atoms with Crippen molar-refractivity contribution in [2.45, 2.75) is 57.2 Å². The van der Waals surface area contributed by atoms with Crippen LogP contribution < -0.4 is 10.6 Å². The Morgan fingerprint density at radius 3 is 2.74 bits per heavy atom. The maximum Gasteiger partial charge on any atom is 0.250 e. The van der Waals surface area contributed by atoms with Gasteiger partial charge >= 0.3 is 0 Å². The van der Waals surface area contributed by atoms with Crippen LogP contribution in [0.15, 0.2) is 76.0 Å². The molecular formula is C24H26N6O. The van der Waals surface area contributed by atoms with Gasteiger partial charge in [0.25, 0.3) is 5.91 Å². The van der Waals surface area contributed by atoms with E-state index in [0.717, 1.165) is 46.6 Å². The minimum atomic E-state index is -0.580. The first-order chi connectivity index (χ1) is 14.9. The Morgan fingerprint density at radius 1 is 1.16 bits per heavy atom. The van der Waals surface area contributed by atoms with Crippen molar-refractivity contribution in [1.29, 1.82) is 0 Å². The van der Waals surface area contributed by atoms with Gasteiger partial charge in [0.2, 0.25) is 0 Å². The second-order valence-corrected chi connectivity index (χ2v) is 9.03. The Balaban J connectivity index is 1.66. The number of hydrogen-bond donors (Lipinski definition) is 2. The van der Waals surface area contributed by atoms with E-state index in [0.29, 0.717) is 6.42 Å². The standard InChI is InChI=1S/C24H26N6O/c1-4-24(16-8-5-7-15(11-16)12-19-25-9-6-10-26-19)17-14-27-30-21(17)28-18-13-23(2,3)29-22(31)20(18)24/h5-11,14,21,28H,4,12-13H2,1-3H3,(H,29,31). The Kier molecular flexibility index (Phi) is 4.50. The second kappa shape index (κ2) is 7.11. The molecule has 5 rings (SSSR count). The molecule has 2 atom stereocenters. The third-order valence-corrected chi connectivity index (χ3v) is 6.44. The fourth-order valence-corrected chi connectivity index (χ4v) is 5.16. The predicted molar refractivity (Wildman–Crippen MR) is 117 cm³/mol. The summed E-state index contributed by atoms with van der Waals surface area (Å²) in [6.07, 6.45) is 7.21. The lowest BCUT2D eigenvalue weighted by molar-refractivity contribution is -0.120. The lowest BCUT2D eigenvalue weighted by Crippen LogP contribution is -2.58. The highest BCUT2D eigenvalue weighted by Crippen LogP contribution is 2.51.